The van der Waals surface area contributed by atoms with Gasteiger partial charge < -0.3 is 14.6 Å². The minimum Gasteiger partial charge on any atom is -0.493 e. The van der Waals surface area contributed by atoms with Crippen LogP contribution in [0.15, 0.2) is 24.3 Å². The Morgan fingerprint density at radius 2 is 2.09 bits per heavy atom. The van der Waals surface area contributed by atoms with Crippen LogP contribution in [0.25, 0.3) is 0 Å². The SMILES string of the molecule is CCCC(C(=O)O)n1nnnc1COc1ccccc1OC. The number of benzene rings is 1. The third kappa shape index (κ3) is 3.51. The molecule has 0 aliphatic rings. The molecule has 118 valence electrons. The number of nitrogens with zero attached hydrogens (tertiary/aromatic N) is 4. The summed E-state index contributed by atoms with van der Waals surface area (Å²) in [4.78, 5) is 11.3. The second-order valence-corrected chi connectivity index (χ2v) is 4.62. The molecule has 1 heterocycles. The summed E-state index contributed by atoms with van der Waals surface area (Å²) in [5, 5.41) is 20.5. The first kappa shape index (κ1) is 15.7. The number of hydrogen-bond donors (Lipinski definition) is 1. The van der Waals surface area contributed by atoms with Crippen molar-refractivity contribution in [1.29, 1.82) is 0 Å². The number of carboxylic acid groups (broad SMARTS) is 1. The lowest BCUT2D eigenvalue weighted by Gasteiger charge is -2.14. The Hall–Kier alpha value is -2.64. The highest BCUT2D eigenvalue weighted by atomic mass is 16.5. The van der Waals surface area contributed by atoms with Crippen molar-refractivity contribution < 1.29 is 19.4 Å². The fourth-order valence-corrected chi connectivity index (χ4v) is 2.05. The Morgan fingerprint density at radius 3 is 2.73 bits per heavy atom. The van der Waals surface area contributed by atoms with Crippen molar-refractivity contribution in [3.05, 3.63) is 30.1 Å². The molecule has 22 heavy (non-hydrogen) atoms. The summed E-state index contributed by atoms with van der Waals surface area (Å²) in [6, 6.07) is 6.38. The number of hydrogen-bond acceptors (Lipinski definition) is 6. The first-order valence-electron chi connectivity index (χ1n) is 6.92. The van der Waals surface area contributed by atoms with E-state index in [9.17, 15) is 9.90 Å². The zero-order chi connectivity index (χ0) is 15.9. The fraction of sp³-hybridized carbons (Fsp3) is 0.429. The smallest absolute Gasteiger partial charge is 0.328 e. The van der Waals surface area contributed by atoms with Crippen LogP contribution >= 0.6 is 0 Å². The van der Waals surface area contributed by atoms with Crippen molar-refractivity contribution in [3.63, 3.8) is 0 Å². The monoisotopic (exact) mass is 306 g/mol. The lowest BCUT2D eigenvalue weighted by molar-refractivity contribution is -0.141. The fourth-order valence-electron chi connectivity index (χ4n) is 2.05. The molecule has 0 spiro atoms. The van der Waals surface area contributed by atoms with Crippen LogP contribution in [0, 0.1) is 0 Å². The molecule has 0 radical (unpaired) electrons. The lowest BCUT2D eigenvalue weighted by Crippen LogP contribution is -2.23. The summed E-state index contributed by atoms with van der Waals surface area (Å²) >= 11 is 0. The normalized spacial score (nSPS) is 11.9. The molecule has 1 aromatic carbocycles. The van der Waals surface area contributed by atoms with E-state index in [1.165, 1.54) is 4.68 Å². The Morgan fingerprint density at radius 1 is 1.36 bits per heavy atom. The maximum absolute atomic E-state index is 11.3. The summed E-state index contributed by atoms with van der Waals surface area (Å²) in [6.07, 6.45) is 1.16. The quantitative estimate of drug-likeness (QED) is 0.792. The summed E-state index contributed by atoms with van der Waals surface area (Å²) in [7, 11) is 1.55. The van der Waals surface area contributed by atoms with Gasteiger partial charge in [0.2, 0.25) is 0 Å². The van der Waals surface area contributed by atoms with Gasteiger partial charge in [0.25, 0.3) is 0 Å². The van der Waals surface area contributed by atoms with E-state index in [-0.39, 0.29) is 6.61 Å². The summed E-state index contributed by atoms with van der Waals surface area (Å²) < 4.78 is 12.1. The Labute approximate surface area is 127 Å². The van der Waals surface area contributed by atoms with Crippen LogP contribution in [-0.4, -0.2) is 38.4 Å². The number of carboxylic acids is 1. The van der Waals surface area contributed by atoms with Crippen molar-refractivity contribution in [2.24, 2.45) is 0 Å². The molecule has 0 fully saturated rings. The molecule has 2 aromatic rings. The van der Waals surface area contributed by atoms with Gasteiger partial charge in [0, 0.05) is 0 Å². The predicted molar refractivity (Wildman–Crippen MR) is 76.7 cm³/mol. The average molecular weight is 306 g/mol. The van der Waals surface area contributed by atoms with E-state index in [1.807, 2.05) is 19.1 Å². The van der Waals surface area contributed by atoms with Crippen molar-refractivity contribution in [2.75, 3.05) is 7.11 Å². The van der Waals surface area contributed by atoms with Crippen molar-refractivity contribution in [2.45, 2.75) is 32.4 Å². The van der Waals surface area contributed by atoms with Gasteiger partial charge in [-0.25, -0.2) is 9.48 Å². The molecule has 0 amide bonds. The van der Waals surface area contributed by atoms with Gasteiger partial charge in [-0.3, -0.25) is 0 Å². The van der Waals surface area contributed by atoms with Gasteiger partial charge in [-0.2, -0.15) is 0 Å². The minimum atomic E-state index is -0.965. The zero-order valence-corrected chi connectivity index (χ0v) is 12.5. The molecule has 1 aromatic heterocycles. The molecule has 0 aliphatic carbocycles. The lowest BCUT2D eigenvalue weighted by atomic mass is 10.2. The minimum absolute atomic E-state index is 0.0564. The maximum atomic E-state index is 11.3. The molecule has 1 unspecified atom stereocenters. The first-order valence-corrected chi connectivity index (χ1v) is 6.92. The largest absolute Gasteiger partial charge is 0.493 e. The van der Waals surface area contributed by atoms with Crippen molar-refractivity contribution in [3.8, 4) is 11.5 Å². The van der Waals surface area contributed by atoms with E-state index < -0.39 is 12.0 Å². The molecule has 8 nitrogen and oxygen atoms in total. The molecule has 1 atom stereocenters. The molecular weight excluding hydrogens is 288 g/mol. The van der Waals surface area contributed by atoms with E-state index >= 15 is 0 Å². The Kier molecular flexibility index (Phi) is 5.29. The van der Waals surface area contributed by atoms with E-state index in [0.29, 0.717) is 30.2 Å². The zero-order valence-electron chi connectivity index (χ0n) is 12.5. The molecule has 0 aliphatic heterocycles. The van der Waals surface area contributed by atoms with Crippen LogP contribution in [-0.2, 0) is 11.4 Å². The van der Waals surface area contributed by atoms with Gasteiger partial charge in [0.15, 0.2) is 23.4 Å². The number of aromatic nitrogens is 4. The third-order valence-electron chi connectivity index (χ3n) is 3.13. The van der Waals surface area contributed by atoms with Crippen molar-refractivity contribution in [1.82, 2.24) is 20.2 Å². The summed E-state index contributed by atoms with van der Waals surface area (Å²) in [6.45, 7) is 1.96. The van der Waals surface area contributed by atoms with Crippen LogP contribution in [0.4, 0.5) is 0 Å². The number of methoxy groups -OCH3 is 1. The predicted octanol–water partition coefficient (Wildman–Crippen LogP) is 1.69. The molecular formula is C14H18N4O4. The van der Waals surface area contributed by atoms with E-state index in [0.717, 1.165) is 0 Å². The highest BCUT2D eigenvalue weighted by Crippen LogP contribution is 2.26. The van der Waals surface area contributed by atoms with Gasteiger partial charge in [0.05, 0.1) is 7.11 Å². The summed E-state index contributed by atoms with van der Waals surface area (Å²) in [5.74, 6) is 0.520. The van der Waals surface area contributed by atoms with Crippen LogP contribution < -0.4 is 9.47 Å². The highest BCUT2D eigenvalue weighted by molar-refractivity contribution is 5.71. The molecule has 0 saturated heterocycles. The van der Waals surface area contributed by atoms with E-state index in [4.69, 9.17) is 9.47 Å². The number of carbonyl (C=O) groups is 1. The number of rotatable bonds is 8. The number of tetrazole rings is 1. The second kappa shape index (κ2) is 7.39. The van der Waals surface area contributed by atoms with E-state index in [2.05, 4.69) is 15.5 Å². The van der Waals surface area contributed by atoms with Gasteiger partial charge in [0.1, 0.15) is 6.61 Å². The number of ether oxygens (including phenoxy) is 2. The molecule has 0 saturated carbocycles. The molecule has 0 bridgehead atoms. The topological polar surface area (TPSA) is 99.4 Å². The Balaban J connectivity index is 2.14. The maximum Gasteiger partial charge on any atom is 0.328 e. The number of aliphatic carboxylic acids is 1. The molecule has 2 rings (SSSR count). The van der Waals surface area contributed by atoms with Gasteiger partial charge in [-0.05, 0) is 29.0 Å². The van der Waals surface area contributed by atoms with Crippen LogP contribution in [0.5, 0.6) is 11.5 Å². The highest BCUT2D eigenvalue weighted by Gasteiger charge is 2.23. The van der Waals surface area contributed by atoms with Crippen molar-refractivity contribution >= 4 is 5.97 Å². The average Bonchev–Trinajstić information content (AvgIpc) is 2.98. The molecule has 8 heteroatoms. The van der Waals surface area contributed by atoms with E-state index in [1.54, 1.807) is 19.2 Å². The Bertz CT molecular complexity index is 629. The van der Waals surface area contributed by atoms with Gasteiger partial charge in [-0.15, -0.1) is 5.10 Å². The third-order valence-corrected chi connectivity index (χ3v) is 3.13. The summed E-state index contributed by atoms with van der Waals surface area (Å²) in [5.41, 5.74) is 0. The van der Waals surface area contributed by atoms with Crippen LogP contribution in [0.2, 0.25) is 0 Å². The second-order valence-electron chi connectivity index (χ2n) is 4.62. The first-order chi connectivity index (χ1) is 10.7. The van der Waals surface area contributed by atoms with Crippen LogP contribution in [0.3, 0.4) is 0 Å². The van der Waals surface area contributed by atoms with Gasteiger partial charge >= 0.3 is 5.97 Å². The molecule has 1 N–H and O–H groups in total. The van der Waals surface area contributed by atoms with Crippen LogP contribution in [0.1, 0.15) is 31.6 Å². The van der Waals surface area contributed by atoms with Gasteiger partial charge in [-0.1, -0.05) is 25.5 Å². The standard InChI is InChI=1S/C14H18N4O4/c1-3-6-10(14(19)20)18-13(15-16-17-18)9-22-12-8-5-4-7-11(12)21-2/h4-5,7-8,10H,3,6,9H2,1-2H3,(H,19,20). The number of para-hydroxylation sites is 2.